The van der Waals surface area contributed by atoms with Crippen molar-refractivity contribution < 1.29 is 14.2 Å². The maximum Gasteiger partial charge on any atom is 0.161 e. The number of benzene rings is 1. The molecule has 0 atom stereocenters. The first-order valence-corrected chi connectivity index (χ1v) is 8.20. The van der Waals surface area contributed by atoms with Crippen molar-refractivity contribution in [2.24, 2.45) is 0 Å². The van der Waals surface area contributed by atoms with Crippen LogP contribution in [0.1, 0.15) is 17.5 Å². The number of aromatic nitrogens is 1. The molecular weight excluding hydrogens is 363 g/mol. The molecule has 0 aliphatic heterocycles. The Hall–Kier alpha value is -1.53. The van der Waals surface area contributed by atoms with Crippen LogP contribution in [0, 0.1) is 0 Å². The van der Waals surface area contributed by atoms with Crippen LogP contribution >= 0.6 is 24.0 Å². The van der Waals surface area contributed by atoms with Gasteiger partial charge in [-0.15, -0.1) is 12.4 Å². The summed E-state index contributed by atoms with van der Waals surface area (Å²) in [6, 6.07) is 9.57. The molecule has 0 fully saturated rings. The zero-order valence-electron chi connectivity index (χ0n) is 14.5. The summed E-state index contributed by atoms with van der Waals surface area (Å²) < 4.78 is 16.3. The van der Waals surface area contributed by atoms with Crippen LogP contribution in [0.2, 0.25) is 5.15 Å². The molecular formula is C18H24Cl2N2O3. The summed E-state index contributed by atoms with van der Waals surface area (Å²) >= 11 is 5.78. The normalized spacial score (nSPS) is 10.2. The molecule has 25 heavy (non-hydrogen) atoms. The van der Waals surface area contributed by atoms with Gasteiger partial charge in [0, 0.05) is 32.0 Å². The highest BCUT2D eigenvalue weighted by Gasteiger charge is 2.06. The minimum atomic E-state index is 0. The van der Waals surface area contributed by atoms with Gasteiger partial charge >= 0.3 is 0 Å². The van der Waals surface area contributed by atoms with E-state index in [1.807, 2.05) is 24.3 Å². The van der Waals surface area contributed by atoms with Crippen molar-refractivity contribution in [3.8, 4) is 11.5 Å². The van der Waals surface area contributed by atoms with Crippen LogP contribution in [0.15, 0.2) is 36.5 Å². The highest BCUT2D eigenvalue weighted by molar-refractivity contribution is 6.29. The monoisotopic (exact) mass is 386 g/mol. The van der Waals surface area contributed by atoms with E-state index in [1.54, 1.807) is 26.5 Å². The van der Waals surface area contributed by atoms with Crippen molar-refractivity contribution in [2.75, 3.05) is 27.4 Å². The summed E-state index contributed by atoms with van der Waals surface area (Å²) in [4.78, 5) is 4.04. The highest BCUT2D eigenvalue weighted by atomic mass is 35.5. The molecule has 0 spiro atoms. The molecule has 0 aliphatic rings. The molecule has 7 heteroatoms. The summed E-state index contributed by atoms with van der Waals surface area (Å²) in [6.45, 7) is 2.87. The molecule has 0 saturated carbocycles. The standard InChI is InChI=1S/C18H23ClN2O3.ClH/c1-22-9-3-8-20-11-14-4-6-16(17(10-14)23-2)24-13-15-5-7-18(19)21-12-15;/h4-7,10,12,20H,3,8-9,11,13H2,1-2H3;1H. The third-order valence-electron chi connectivity index (χ3n) is 3.44. The van der Waals surface area contributed by atoms with Crippen LogP contribution in [0.4, 0.5) is 0 Å². The van der Waals surface area contributed by atoms with Gasteiger partial charge in [0.05, 0.1) is 7.11 Å². The minimum Gasteiger partial charge on any atom is -0.493 e. The maximum absolute atomic E-state index is 5.82. The van der Waals surface area contributed by atoms with Crippen molar-refractivity contribution in [1.29, 1.82) is 0 Å². The molecule has 0 bridgehead atoms. The van der Waals surface area contributed by atoms with Gasteiger partial charge in [-0.25, -0.2) is 4.98 Å². The lowest BCUT2D eigenvalue weighted by molar-refractivity contribution is 0.194. The lowest BCUT2D eigenvalue weighted by Crippen LogP contribution is -2.16. The molecule has 138 valence electrons. The molecule has 5 nitrogen and oxygen atoms in total. The Morgan fingerprint density at radius 1 is 1.08 bits per heavy atom. The quantitative estimate of drug-likeness (QED) is 0.496. The fourth-order valence-corrected chi connectivity index (χ4v) is 2.28. The van der Waals surface area contributed by atoms with Gasteiger partial charge in [-0.1, -0.05) is 23.7 Å². The average molecular weight is 387 g/mol. The zero-order valence-corrected chi connectivity index (χ0v) is 16.0. The van der Waals surface area contributed by atoms with Gasteiger partial charge in [0.2, 0.25) is 0 Å². The molecule has 1 heterocycles. The van der Waals surface area contributed by atoms with E-state index in [2.05, 4.69) is 10.3 Å². The fourth-order valence-electron chi connectivity index (χ4n) is 2.17. The van der Waals surface area contributed by atoms with E-state index in [1.165, 1.54) is 0 Å². The minimum absolute atomic E-state index is 0. The Morgan fingerprint density at radius 3 is 2.56 bits per heavy atom. The Labute approximate surface area is 160 Å². The zero-order chi connectivity index (χ0) is 17.2. The number of hydrogen-bond acceptors (Lipinski definition) is 5. The van der Waals surface area contributed by atoms with Gasteiger partial charge in [0.15, 0.2) is 11.5 Å². The van der Waals surface area contributed by atoms with E-state index in [9.17, 15) is 0 Å². The van der Waals surface area contributed by atoms with Crippen molar-refractivity contribution in [1.82, 2.24) is 10.3 Å². The van der Waals surface area contributed by atoms with Gasteiger partial charge in [-0.05, 0) is 36.7 Å². The Bertz CT molecular complexity index is 624. The van der Waals surface area contributed by atoms with E-state index in [0.717, 1.165) is 37.2 Å². The number of nitrogens with zero attached hydrogens (tertiary/aromatic N) is 1. The second kappa shape index (κ2) is 11.9. The van der Waals surface area contributed by atoms with E-state index in [-0.39, 0.29) is 12.4 Å². The molecule has 1 aromatic heterocycles. The SMILES string of the molecule is COCCCNCc1ccc(OCc2ccc(Cl)nc2)c(OC)c1.Cl. The fraction of sp³-hybridized carbons (Fsp3) is 0.389. The average Bonchev–Trinajstić information content (AvgIpc) is 2.61. The van der Waals surface area contributed by atoms with Crippen molar-refractivity contribution in [2.45, 2.75) is 19.6 Å². The number of hydrogen-bond donors (Lipinski definition) is 1. The third-order valence-corrected chi connectivity index (χ3v) is 3.67. The second-order valence-corrected chi connectivity index (χ2v) is 5.67. The molecule has 2 aromatic rings. The molecule has 1 aromatic carbocycles. The largest absolute Gasteiger partial charge is 0.493 e. The lowest BCUT2D eigenvalue weighted by atomic mass is 10.2. The van der Waals surface area contributed by atoms with Crippen molar-refractivity contribution >= 4 is 24.0 Å². The van der Waals surface area contributed by atoms with Gasteiger partial charge < -0.3 is 19.5 Å². The predicted octanol–water partition coefficient (Wildman–Crippen LogP) is 3.87. The molecule has 0 saturated heterocycles. The Balaban J connectivity index is 0.00000312. The van der Waals surface area contributed by atoms with Crippen molar-refractivity contribution in [3.05, 3.63) is 52.8 Å². The summed E-state index contributed by atoms with van der Waals surface area (Å²) in [5.74, 6) is 1.42. The number of halogens is 2. The summed E-state index contributed by atoms with van der Waals surface area (Å²) in [6.07, 6.45) is 2.69. The maximum atomic E-state index is 5.82. The number of nitrogens with one attached hydrogen (secondary N) is 1. The van der Waals surface area contributed by atoms with Crippen LogP contribution in [-0.2, 0) is 17.9 Å². The van der Waals surface area contributed by atoms with E-state index in [0.29, 0.717) is 23.3 Å². The summed E-state index contributed by atoms with van der Waals surface area (Å²) in [5.41, 5.74) is 2.09. The van der Waals surface area contributed by atoms with Gasteiger partial charge in [-0.2, -0.15) is 0 Å². The van der Waals surface area contributed by atoms with Crippen LogP contribution in [0.25, 0.3) is 0 Å². The first-order chi connectivity index (χ1) is 11.7. The van der Waals surface area contributed by atoms with E-state index < -0.39 is 0 Å². The number of ether oxygens (including phenoxy) is 3. The third kappa shape index (κ3) is 7.48. The molecule has 0 unspecified atom stereocenters. The summed E-state index contributed by atoms with van der Waals surface area (Å²) in [7, 11) is 3.35. The van der Waals surface area contributed by atoms with Crippen LogP contribution in [0.3, 0.4) is 0 Å². The molecule has 1 N–H and O–H groups in total. The molecule has 2 rings (SSSR count). The molecule has 0 radical (unpaired) electrons. The van der Waals surface area contributed by atoms with Gasteiger partial charge in [0.25, 0.3) is 0 Å². The van der Waals surface area contributed by atoms with Crippen LogP contribution < -0.4 is 14.8 Å². The first kappa shape index (κ1) is 21.5. The number of methoxy groups -OCH3 is 2. The summed E-state index contributed by atoms with van der Waals surface area (Å²) in [5, 5.41) is 3.84. The first-order valence-electron chi connectivity index (χ1n) is 7.82. The Kier molecular flexibility index (Phi) is 10.3. The molecule has 0 aliphatic carbocycles. The lowest BCUT2D eigenvalue weighted by Gasteiger charge is -2.13. The second-order valence-electron chi connectivity index (χ2n) is 5.29. The number of pyridine rings is 1. The van der Waals surface area contributed by atoms with Crippen LogP contribution in [-0.4, -0.2) is 32.4 Å². The van der Waals surface area contributed by atoms with Crippen molar-refractivity contribution in [3.63, 3.8) is 0 Å². The Morgan fingerprint density at radius 2 is 1.88 bits per heavy atom. The van der Waals surface area contributed by atoms with Crippen LogP contribution in [0.5, 0.6) is 11.5 Å². The molecule has 0 amide bonds. The van der Waals surface area contributed by atoms with Gasteiger partial charge in [-0.3, -0.25) is 0 Å². The smallest absolute Gasteiger partial charge is 0.161 e. The van der Waals surface area contributed by atoms with E-state index >= 15 is 0 Å². The van der Waals surface area contributed by atoms with Gasteiger partial charge in [0.1, 0.15) is 11.8 Å². The number of rotatable bonds is 10. The highest BCUT2D eigenvalue weighted by Crippen LogP contribution is 2.28. The van der Waals surface area contributed by atoms with E-state index in [4.69, 9.17) is 25.8 Å². The predicted molar refractivity (Wildman–Crippen MR) is 102 cm³/mol. The topological polar surface area (TPSA) is 52.6 Å².